The van der Waals surface area contributed by atoms with Gasteiger partial charge >= 0.3 is 0 Å². The van der Waals surface area contributed by atoms with Crippen molar-refractivity contribution in [3.63, 3.8) is 0 Å². The van der Waals surface area contributed by atoms with Gasteiger partial charge in [-0.05, 0) is 40.2 Å². The third-order valence-electron chi connectivity index (χ3n) is 3.61. The van der Waals surface area contributed by atoms with Gasteiger partial charge in [-0.25, -0.2) is 0 Å². The summed E-state index contributed by atoms with van der Waals surface area (Å²) < 4.78 is 10.7. The number of rotatable bonds is 6. The highest BCUT2D eigenvalue weighted by Gasteiger charge is 2.24. The van der Waals surface area contributed by atoms with Crippen LogP contribution in [0.15, 0.2) is 12.1 Å². The molecular formula is C17H28N2O3. The van der Waals surface area contributed by atoms with Crippen molar-refractivity contribution in [1.29, 1.82) is 0 Å². The van der Waals surface area contributed by atoms with Crippen LogP contribution in [0.1, 0.15) is 39.7 Å². The number of amides is 1. The maximum Gasteiger partial charge on any atom is 0.223 e. The number of carbonyl (C=O) groups excluding carboxylic acids is 1. The van der Waals surface area contributed by atoms with Crippen LogP contribution in [0, 0.1) is 0 Å². The molecule has 0 heterocycles. The fourth-order valence-electron chi connectivity index (χ4n) is 2.65. The quantitative estimate of drug-likeness (QED) is 0.821. The first-order chi connectivity index (χ1) is 10.2. The van der Waals surface area contributed by atoms with Gasteiger partial charge in [0.1, 0.15) is 0 Å². The summed E-state index contributed by atoms with van der Waals surface area (Å²) in [5.41, 5.74) is 7.20. The summed E-state index contributed by atoms with van der Waals surface area (Å²) in [5.74, 6) is 1.36. The highest BCUT2D eigenvalue weighted by molar-refractivity contribution is 5.77. The third-order valence-corrected chi connectivity index (χ3v) is 3.61. The Bertz CT molecular complexity index is 521. The molecule has 0 aliphatic rings. The van der Waals surface area contributed by atoms with E-state index in [0.717, 1.165) is 5.56 Å². The summed E-state index contributed by atoms with van der Waals surface area (Å²) in [5, 5.41) is 0. The molecule has 5 nitrogen and oxygen atoms in total. The van der Waals surface area contributed by atoms with Crippen LogP contribution in [0.25, 0.3) is 0 Å². The van der Waals surface area contributed by atoms with Gasteiger partial charge in [-0.1, -0.05) is 0 Å². The first-order valence-electron chi connectivity index (χ1n) is 7.55. The van der Waals surface area contributed by atoms with Crippen molar-refractivity contribution in [2.24, 2.45) is 0 Å². The molecule has 1 aromatic carbocycles. The van der Waals surface area contributed by atoms with Crippen molar-refractivity contribution >= 4 is 11.6 Å². The molecule has 0 atom stereocenters. The molecule has 1 rings (SSSR count). The van der Waals surface area contributed by atoms with Gasteiger partial charge in [-0.3, -0.25) is 4.79 Å². The summed E-state index contributed by atoms with van der Waals surface area (Å²) >= 11 is 0. The molecule has 0 radical (unpaired) electrons. The van der Waals surface area contributed by atoms with Gasteiger partial charge in [-0.2, -0.15) is 0 Å². The minimum absolute atomic E-state index is 0.124. The second-order valence-corrected chi connectivity index (χ2v) is 6.22. The van der Waals surface area contributed by atoms with E-state index in [1.54, 1.807) is 20.3 Å². The number of nitrogen functional groups attached to an aromatic ring is 1. The summed E-state index contributed by atoms with van der Waals surface area (Å²) in [6.45, 7) is 8.81. The maximum atomic E-state index is 12.5. The van der Waals surface area contributed by atoms with E-state index < -0.39 is 0 Å². The number of nitrogens with two attached hydrogens (primary N) is 1. The van der Waals surface area contributed by atoms with E-state index in [2.05, 4.69) is 0 Å². The summed E-state index contributed by atoms with van der Waals surface area (Å²) in [7, 11) is 3.16. The normalized spacial score (nSPS) is 11.2. The second kappa shape index (κ2) is 7.38. The van der Waals surface area contributed by atoms with E-state index in [1.807, 2.05) is 38.7 Å². The number of hydrogen-bond acceptors (Lipinski definition) is 4. The Hall–Kier alpha value is -1.91. The lowest BCUT2D eigenvalue weighted by Gasteiger charge is -2.35. The van der Waals surface area contributed by atoms with Crippen molar-refractivity contribution in [2.45, 2.75) is 46.1 Å². The van der Waals surface area contributed by atoms with E-state index in [9.17, 15) is 4.79 Å². The SMILES string of the molecule is CCN(C(=O)CCc1cc(N)cc(OC)c1OC)C(C)(C)C. The van der Waals surface area contributed by atoms with E-state index in [-0.39, 0.29) is 11.4 Å². The second-order valence-electron chi connectivity index (χ2n) is 6.22. The smallest absolute Gasteiger partial charge is 0.223 e. The molecule has 5 heteroatoms. The maximum absolute atomic E-state index is 12.5. The van der Waals surface area contributed by atoms with Crippen LogP contribution in [0.5, 0.6) is 11.5 Å². The van der Waals surface area contributed by atoms with Crippen LogP contribution in [-0.2, 0) is 11.2 Å². The van der Waals surface area contributed by atoms with E-state index in [4.69, 9.17) is 15.2 Å². The van der Waals surface area contributed by atoms with Crippen molar-refractivity contribution in [3.8, 4) is 11.5 Å². The lowest BCUT2D eigenvalue weighted by atomic mass is 10.0. The molecule has 0 aliphatic heterocycles. The van der Waals surface area contributed by atoms with E-state index >= 15 is 0 Å². The standard InChI is InChI=1S/C17H28N2O3/c1-7-19(17(2,3)4)15(20)9-8-12-10-13(18)11-14(21-5)16(12)22-6/h10-11H,7-9,18H2,1-6H3. The van der Waals surface area contributed by atoms with E-state index in [0.29, 0.717) is 36.6 Å². The van der Waals surface area contributed by atoms with E-state index in [1.165, 1.54) is 0 Å². The molecule has 0 aliphatic carbocycles. The highest BCUT2D eigenvalue weighted by atomic mass is 16.5. The molecule has 0 spiro atoms. The van der Waals surface area contributed by atoms with Gasteiger partial charge in [0.15, 0.2) is 11.5 Å². The largest absolute Gasteiger partial charge is 0.493 e. The first-order valence-corrected chi connectivity index (χ1v) is 7.55. The number of aryl methyl sites for hydroxylation is 1. The summed E-state index contributed by atoms with van der Waals surface area (Å²) in [6.07, 6.45) is 0.976. The number of hydrogen-bond donors (Lipinski definition) is 1. The summed E-state index contributed by atoms with van der Waals surface area (Å²) in [4.78, 5) is 14.3. The topological polar surface area (TPSA) is 64.8 Å². The molecule has 2 N–H and O–H groups in total. The van der Waals surface area contributed by atoms with Gasteiger partial charge in [0.05, 0.1) is 14.2 Å². The molecular weight excluding hydrogens is 280 g/mol. The Morgan fingerprint density at radius 2 is 1.86 bits per heavy atom. The van der Waals surface area contributed by atoms with Crippen molar-refractivity contribution in [1.82, 2.24) is 4.90 Å². The number of methoxy groups -OCH3 is 2. The van der Waals surface area contributed by atoms with Crippen LogP contribution in [-0.4, -0.2) is 37.1 Å². The van der Waals surface area contributed by atoms with Crippen LogP contribution >= 0.6 is 0 Å². The van der Waals surface area contributed by atoms with Gasteiger partial charge in [0, 0.05) is 35.8 Å². The fraction of sp³-hybridized carbons (Fsp3) is 0.588. The molecule has 0 bridgehead atoms. The van der Waals surface area contributed by atoms with Crippen LogP contribution in [0.2, 0.25) is 0 Å². The predicted octanol–water partition coefficient (Wildman–Crippen LogP) is 2.87. The zero-order valence-corrected chi connectivity index (χ0v) is 14.5. The lowest BCUT2D eigenvalue weighted by Crippen LogP contribution is -2.45. The minimum Gasteiger partial charge on any atom is -0.493 e. The molecule has 0 unspecified atom stereocenters. The zero-order valence-electron chi connectivity index (χ0n) is 14.5. The van der Waals surface area contributed by atoms with Gasteiger partial charge in [0.25, 0.3) is 0 Å². The number of benzene rings is 1. The lowest BCUT2D eigenvalue weighted by molar-refractivity contribution is -0.135. The number of nitrogens with zero attached hydrogens (tertiary/aromatic N) is 1. The first kappa shape index (κ1) is 18.1. The molecule has 124 valence electrons. The molecule has 0 aromatic heterocycles. The third kappa shape index (κ3) is 4.29. The van der Waals surface area contributed by atoms with Gasteiger partial charge in [0.2, 0.25) is 5.91 Å². The van der Waals surface area contributed by atoms with Crippen LogP contribution in [0.3, 0.4) is 0 Å². The predicted molar refractivity (Wildman–Crippen MR) is 89.4 cm³/mol. The molecule has 0 fully saturated rings. The number of ether oxygens (including phenoxy) is 2. The minimum atomic E-state index is -0.177. The van der Waals surface area contributed by atoms with Crippen molar-refractivity contribution in [2.75, 3.05) is 26.5 Å². The number of anilines is 1. The van der Waals surface area contributed by atoms with Gasteiger partial charge < -0.3 is 20.1 Å². The Morgan fingerprint density at radius 1 is 1.23 bits per heavy atom. The fourth-order valence-corrected chi connectivity index (χ4v) is 2.65. The van der Waals surface area contributed by atoms with Gasteiger partial charge in [-0.15, -0.1) is 0 Å². The van der Waals surface area contributed by atoms with Crippen molar-refractivity contribution < 1.29 is 14.3 Å². The molecule has 0 saturated carbocycles. The number of carbonyl (C=O) groups is 1. The zero-order chi connectivity index (χ0) is 16.9. The average molecular weight is 308 g/mol. The average Bonchev–Trinajstić information content (AvgIpc) is 2.43. The Morgan fingerprint density at radius 3 is 2.32 bits per heavy atom. The Balaban J connectivity index is 2.92. The molecule has 0 saturated heterocycles. The van der Waals surface area contributed by atoms with Crippen molar-refractivity contribution in [3.05, 3.63) is 17.7 Å². The Kier molecular flexibility index (Phi) is 6.09. The van der Waals surface area contributed by atoms with Crippen LogP contribution < -0.4 is 15.2 Å². The molecule has 1 aromatic rings. The Labute approximate surface area is 133 Å². The highest BCUT2D eigenvalue weighted by Crippen LogP contribution is 2.34. The molecule has 1 amide bonds. The summed E-state index contributed by atoms with van der Waals surface area (Å²) in [6, 6.07) is 3.56. The monoisotopic (exact) mass is 308 g/mol. The molecule has 22 heavy (non-hydrogen) atoms. The van der Waals surface area contributed by atoms with Crippen LogP contribution in [0.4, 0.5) is 5.69 Å².